The number of amides is 1. The second-order valence-corrected chi connectivity index (χ2v) is 7.09. The van der Waals surface area contributed by atoms with Crippen LogP contribution in [0.1, 0.15) is 29.0 Å². The number of carbonyl (C=O) groups excluding carboxylic acids is 1. The van der Waals surface area contributed by atoms with Gasteiger partial charge in [0.15, 0.2) is 0 Å². The minimum absolute atomic E-state index is 0.0455. The van der Waals surface area contributed by atoms with E-state index in [9.17, 15) is 4.79 Å². The number of para-hydroxylation sites is 1. The van der Waals surface area contributed by atoms with Gasteiger partial charge in [-0.1, -0.05) is 42.5 Å². The number of carbonyl (C=O) groups is 2. The van der Waals surface area contributed by atoms with Crippen LogP contribution in [0.2, 0.25) is 0 Å². The average molecular weight is 399 g/mol. The summed E-state index contributed by atoms with van der Waals surface area (Å²) in [4.78, 5) is 23.0. The van der Waals surface area contributed by atoms with Crippen LogP contribution < -0.4 is 10.1 Å². The van der Waals surface area contributed by atoms with Crippen molar-refractivity contribution in [2.75, 3.05) is 33.3 Å². The first kappa shape index (κ1) is 22.4. The quantitative estimate of drug-likeness (QED) is 0.701. The number of nitrogens with zero attached hydrogens (tertiary/aromatic N) is 1. The molecule has 29 heavy (non-hydrogen) atoms. The van der Waals surface area contributed by atoms with E-state index in [4.69, 9.17) is 14.6 Å². The molecule has 1 saturated heterocycles. The van der Waals surface area contributed by atoms with Gasteiger partial charge in [-0.05, 0) is 43.0 Å². The molecule has 156 valence electrons. The molecule has 2 aromatic carbocycles. The second-order valence-electron chi connectivity index (χ2n) is 7.09. The van der Waals surface area contributed by atoms with E-state index >= 15 is 0 Å². The maximum absolute atomic E-state index is 12.2. The van der Waals surface area contributed by atoms with Gasteiger partial charge in [-0.15, -0.1) is 0 Å². The molecular weight excluding hydrogens is 368 g/mol. The van der Waals surface area contributed by atoms with Crippen molar-refractivity contribution in [3.05, 3.63) is 65.2 Å². The summed E-state index contributed by atoms with van der Waals surface area (Å²) in [5.41, 5.74) is 3.77. The number of likely N-dealkylation sites (tertiary alicyclic amines) is 1. The van der Waals surface area contributed by atoms with Gasteiger partial charge in [0.2, 0.25) is 5.91 Å². The third kappa shape index (κ3) is 6.91. The lowest BCUT2D eigenvalue weighted by Gasteiger charge is -2.17. The van der Waals surface area contributed by atoms with Crippen molar-refractivity contribution >= 4 is 12.4 Å². The zero-order valence-corrected chi connectivity index (χ0v) is 17.1. The Kier molecular flexibility index (Phi) is 9.18. The van der Waals surface area contributed by atoms with E-state index in [0.717, 1.165) is 30.9 Å². The predicted molar refractivity (Wildman–Crippen MR) is 113 cm³/mol. The molecule has 0 saturated carbocycles. The number of carboxylic acid groups (broad SMARTS) is 1. The lowest BCUT2D eigenvalue weighted by molar-refractivity contribution is -0.123. The molecule has 6 heteroatoms. The van der Waals surface area contributed by atoms with Gasteiger partial charge in [-0.3, -0.25) is 9.59 Å². The molecule has 1 aliphatic rings. The molecule has 0 aromatic heterocycles. The van der Waals surface area contributed by atoms with Gasteiger partial charge >= 0.3 is 0 Å². The molecule has 2 aromatic rings. The summed E-state index contributed by atoms with van der Waals surface area (Å²) in [5.74, 6) is 1.42. The Bertz CT molecular complexity index is 794. The highest BCUT2D eigenvalue weighted by Crippen LogP contribution is 2.28. The van der Waals surface area contributed by atoms with Crippen molar-refractivity contribution in [3.8, 4) is 5.75 Å². The first-order valence-electron chi connectivity index (χ1n) is 9.83. The van der Waals surface area contributed by atoms with Crippen molar-refractivity contribution in [2.45, 2.75) is 25.7 Å². The highest BCUT2D eigenvalue weighted by molar-refractivity contribution is 5.79. The third-order valence-corrected chi connectivity index (χ3v) is 5.19. The highest BCUT2D eigenvalue weighted by Gasteiger charge is 2.24. The maximum Gasteiger partial charge on any atom is 0.290 e. The Labute approximate surface area is 172 Å². The SMILES string of the molecule is COc1ccccc1CC(=O)NCCN1CCC(c2ccccc2C)C1.O=CO. The monoisotopic (exact) mass is 398 g/mol. The summed E-state index contributed by atoms with van der Waals surface area (Å²) < 4.78 is 5.31. The van der Waals surface area contributed by atoms with E-state index in [2.05, 4.69) is 41.4 Å². The van der Waals surface area contributed by atoms with Crippen molar-refractivity contribution in [1.29, 1.82) is 0 Å². The fraction of sp³-hybridized carbons (Fsp3) is 0.391. The van der Waals surface area contributed by atoms with Crippen LogP contribution in [0.25, 0.3) is 0 Å². The standard InChI is InChI=1S/C22H28N2O2.CH2O2/c1-17-7-3-5-9-20(17)19-11-13-24(16-19)14-12-23-22(25)15-18-8-4-6-10-21(18)26-2;2-1-3/h3-10,19H,11-16H2,1-2H3,(H,23,25);1H,(H,2,3). The van der Waals surface area contributed by atoms with Crippen LogP contribution in [-0.4, -0.2) is 55.7 Å². The Morgan fingerprint density at radius 1 is 1.24 bits per heavy atom. The molecule has 1 heterocycles. The number of aryl methyl sites for hydroxylation is 1. The zero-order chi connectivity index (χ0) is 21.1. The molecule has 1 atom stereocenters. The van der Waals surface area contributed by atoms with Crippen molar-refractivity contribution in [1.82, 2.24) is 10.2 Å². The predicted octanol–water partition coefficient (Wildman–Crippen LogP) is 2.85. The molecule has 0 radical (unpaired) electrons. The van der Waals surface area contributed by atoms with Crippen LogP contribution >= 0.6 is 0 Å². The van der Waals surface area contributed by atoms with Crippen LogP contribution in [0.3, 0.4) is 0 Å². The number of ether oxygens (including phenoxy) is 1. The van der Waals surface area contributed by atoms with Gasteiger partial charge < -0.3 is 20.1 Å². The van der Waals surface area contributed by atoms with Crippen molar-refractivity contribution in [2.24, 2.45) is 0 Å². The number of hydrogen-bond donors (Lipinski definition) is 2. The summed E-state index contributed by atoms with van der Waals surface area (Å²) in [6.07, 6.45) is 1.55. The summed E-state index contributed by atoms with van der Waals surface area (Å²) in [7, 11) is 1.63. The fourth-order valence-corrected chi connectivity index (χ4v) is 3.77. The van der Waals surface area contributed by atoms with Crippen molar-refractivity contribution in [3.63, 3.8) is 0 Å². The number of nitrogens with one attached hydrogen (secondary N) is 1. The summed E-state index contributed by atoms with van der Waals surface area (Å²) in [6, 6.07) is 16.3. The molecule has 1 unspecified atom stereocenters. The van der Waals surface area contributed by atoms with E-state index in [1.54, 1.807) is 7.11 Å². The normalized spacial score (nSPS) is 15.9. The average Bonchev–Trinajstić information content (AvgIpc) is 3.18. The number of methoxy groups -OCH3 is 1. The van der Waals surface area contributed by atoms with Gasteiger partial charge in [0, 0.05) is 25.2 Å². The number of hydrogen-bond acceptors (Lipinski definition) is 4. The minimum atomic E-state index is -0.250. The third-order valence-electron chi connectivity index (χ3n) is 5.19. The van der Waals surface area contributed by atoms with Crippen LogP contribution in [0.4, 0.5) is 0 Å². The van der Waals surface area contributed by atoms with Gasteiger partial charge in [0.25, 0.3) is 6.47 Å². The molecular formula is C23H30N2O4. The molecule has 6 nitrogen and oxygen atoms in total. The van der Waals surface area contributed by atoms with E-state index < -0.39 is 0 Å². The summed E-state index contributed by atoms with van der Waals surface area (Å²) in [6.45, 7) is 5.71. The largest absolute Gasteiger partial charge is 0.496 e. The van der Waals surface area contributed by atoms with E-state index in [0.29, 0.717) is 18.9 Å². The van der Waals surface area contributed by atoms with Gasteiger partial charge in [-0.2, -0.15) is 0 Å². The van der Waals surface area contributed by atoms with E-state index in [-0.39, 0.29) is 12.4 Å². The maximum atomic E-state index is 12.2. The highest BCUT2D eigenvalue weighted by atomic mass is 16.5. The molecule has 1 fully saturated rings. The summed E-state index contributed by atoms with van der Waals surface area (Å²) >= 11 is 0. The Balaban J connectivity index is 0.000000941. The molecule has 1 amide bonds. The molecule has 0 bridgehead atoms. The van der Waals surface area contributed by atoms with Gasteiger partial charge in [0.1, 0.15) is 5.75 Å². The van der Waals surface area contributed by atoms with Crippen molar-refractivity contribution < 1.29 is 19.4 Å². The molecule has 0 aliphatic carbocycles. The number of benzene rings is 2. The van der Waals surface area contributed by atoms with Crippen LogP contribution in [0.5, 0.6) is 5.75 Å². The lowest BCUT2D eigenvalue weighted by Crippen LogP contribution is -2.34. The van der Waals surface area contributed by atoms with E-state index in [1.807, 2.05) is 24.3 Å². The van der Waals surface area contributed by atoms with E-state index in [1.165, 1.54) is 17.5 Å². The Morgan fingerprint density at radius 3 is 2.66 bits per heavy atom. The van der Waals surface area contributed by atoms with Crippen LogP contribution in [0.15, 0.2) is 48.5 Å². The first-order chi connectivity index (χ1) is 14.1. The Morgan fingerprint density at radius 2 is 1.93 bits per heavy atom. The zero-order valence-electron chi connectivity index (χ0n) is 17.1. The van der Waals surface area contributed by atoms with Crippen LogP contribution in [0, 0.1) is 6.92 Å². The molecule has 0 spiro atoms. The second kappa shape index (κ2) is 11.9. The molecule has 2 N–H and O–H groups in total. The molecule has 1 aliphatic heterocycles. The Hall–Kier alpha value is -2.86. The van der Waals surface area contributed by atoms with Gasteiger partial charge in [0.05, 0.1) is 13.5 Å². The molecule has 3 rings (SSSR count). The smallest absolute Gasteiger partial charge is 0.290 e. The van der Waals surface area contributed by atoms with Crippen LogP contribution in [-0.2, 0) is 16.0 Å². The fourth-order valence-electron chi connectivity index (χ4n) is 3.77. The summed E-state index contributed by atoms with van der Waals surface area (Å²) in [5, 5.41) is 9.93. The topological polar surface area (TPSA) is 78.9 Å². The lowest BCUT2D eigenvalue weighted by atomic mass is 9.94. The minimum Gasteiger partial charge on any atom is -0.496 e. The number of rotatable bonds is 7. The first-order valence-corrected chi connectivity index (χ1v) is 9.83. The van der Waals surface area contributed by atoms with Gasteiger partial charge in [-0.25, -0.2) is 0 Å².